The minimum atomic E-state index is -0.773. The van der Waals surface area contributed by atoms with Gasteiger partial charge >= 0.3 is 0 Å². The van der Waals surface area contributed by atoms with Crippen molar-refractivity contribution in [3.63, 3.8) is 0 Å². The first-order valence-corrected chi connectivity index (χ1v) is 6.19. The number of ether oxygens (including phenoxy) is 1. The Morgan fingerprint density at radius 1 is 1.53 bits per heavy atom. The molecule has 0 radical (unpaired) electrons. The van der Waals surface area contributed by atoms with Crippen molar-refractivity contribution in [3.05, 3.63) is 29.8 Å². The normalized spacial score (nSPS) is 23.4. The summed E-state index contributed by atoms with van der Waals surface area (Å²) in [6.45, 7) is 3.97. The van der Waals surface area contributed by atoms with Crippen LogP contribution in [0.3, 0.4) is 0 Å². The number of hydrogen-bond acceptors (Lipinski definition) is 3. The van der Waals surface area contributed by atoms with Gasteiger partial charge in [0.15, 0.2) is 0 Å². The van der Waals surface area contributed by atoms with Crippen molar-refractivity contribution < 1.29 is 9.84 Å². The lowest BCUT2D eigenvalue weighted by molar-refractivity contribution is 0.0324. The molecule has 2 unspecified atom stereocenters. The molecule has 0 bridgehead atoms. The van der Waals surface area contributed by atoms with E-state index < -0.39 is 5.60 Å². The van der Waals surface area contributed by atoms with Gasteiger partial charge in [-0.05, 0) is 56.5 Å². The number of rotatable bonds is 4. The molecule has 1 aliphatic heterocycles. The van der Waals surface area contributed by atoms with Crippen LogP contribution in [-0.2, 0) is 5.60 Å². The third kappa shape index (κ3) is 2.99. The van der Waals surface area contributed by atoms with Gasteiger partial charge in [-0.25, -0.2) is 0 Å². The maximum atomic E-state index is 10.6. The zero-order valence-electron chi connectivity index (χ0n) is 10.6. The third-order valence-electron chi connectivity index (χ3n) is 3.54. The molecule has 1 fully saturated rings. The van der Waals surface area contributed by atoms with Gasteiger partial charge in [0, 0.05) is 0 Å². The number of benzene rings is 1. The highest BCUT2D eigenvalue weighted by Crippen LogP contribution is 2.32. The Morgan fingerprint density at radius 2 is 2.35 bits per heavy atom. The number of hydrogen-bond donors (Lipinski definition) is 2. The van der Waals surface area contributed by atoms with Crippen LogP contribution < -0.4 is 10.1 Å². The average molecular weight is 235 g/mol. The Labute approximate surface area is 103 Å². The fourth-order valence-electron chi connectivity index (χ4n) is 2.53. The van der Waals surface area contributed by atoms with Gasteiger partial charge in [-0.3, -0.25) is 0 Å². The van der Waals surface area contributed by atoms with Crippen LogP contribution in [0.1, 0.15) is 25.3 Å². The van der Waals surface area contributed by atoms with Gasteiger partial charge in [-0.1, -0.05) is 12.1 Å². The molecule has 0 amide bonds. The zero-order valence-corrected chi connectivity index (χ0v) is 10.6. The molecule has 3 nitrogen and oxygen atoms in total. The molecule has 1 aromatic rings. The molecule has 17 heavy (non-hydrogen) atoms. The van der Waals surface area contributed by atoms with E-state index in [9.17, 15) is 5.11 Å². The Bertz CT molecular complexity index is 370. The van der Waals surface area contributed by atoms with Crippen LogP contribution in [0, 0.1) is 5.92 Å². The third-order valence-corrected chi connectivity index (χ3v) is 3.54. The van der Waals surface area contributed by atoms with Crippen LogP contribution >= 0.6 is 0 Å². The van der Waals surface area contributed by atoms with E-state index in [0.717, 1.165) is 37.2 Å². The van der Waals surface area contributed by atoms with E-state index in [2.05, 4.69) is 5.32 Å². The highest BCUT2D eigenvalue weighted by atomic mass is 16.5. The molecular weight excluding hydrogens is 214 g/mol. The molecule has 1 aliphatic rings. The predicted octanol–water partition coefficient (Wildman–Crippen LogP) is 1.90. The highest BCUT2D eigenvalue weighted by molar-refractivity contribution is 5.32. The zero-order chi connectivity index (χ0) is 12.3. The fourth-order valence-corrected chi connectivity index (χ4v) is 2.53. The number of nitrogens with one attached hydrogen (secondary N) is 1. The van der Waals surface area contributed by atoms with Gasteiger partial charge in [-0.15, -0.1) is 0 Å². The lowest BCUT2D eigenvalue weighted by atomic mass is 9.85. The smallest absolute Gasteiger partial charge is 0.119 e. The maximum absolute atomic E-state index is 10.6. The number of methoxy groups -OCH3 is 1. The Kier molecular flexibility index (Phi) is 3.69. The summed E-state index contributed by atoms with van der Waals surface area (Å²) in [5, 5.41) is 13.9. The monoisotopic (exact) mass is 235 g/mol. The van der Waals surface area contributed by atoms with Crippen LogP contribution in [0.2, 0.25) is 0 Å². The first-order valence-electron chi connectivity index (χ1n) is 6.19. The topological polar surface area (TPSA) is 41.5 Å². The van der Waals surface area contributed by atoms with Crippen molar-refractivity contribution in [1.82, 2.24) is 5.32 Å². The summed E-state index contributed by atoms with van der Waals surface area (Å²) in [5.74, 6) is 1.36. The average Bonchev–Trinajstić information content (AvgIpc) is 2.81. The lowest BCUT2D eigenvalue weighted by Gasteiger charge is -2.27. The lowest BCUT2D eigenvalue weighted by Crippen LogP contribution is -2.26. The van der Waals surface area contributed by atoms with Gasteiger partial charge in [0.1, 0.15) is 5.75 Å². The molecule has 94 valence electrons. The summed E-state index contributed by atoms with van der Waals surface area (Å²) >= 11 is 0. The van der Waals surface area contributed by atoms with Crippen molar-refractivity contribution >= 4 is 0 Å². The summed E-state index contributed by atoms with van der Waals surface area (Å²) in [6, 6.07) is 7.71. The predicted molar refractivity (Wildman–Crippen MR) is 68.2 cm³/mol. The van der Waals surface area contributed by atoms with Crippen molar-refractivity contribution in [2.24, 2.45) is 5.92 Å². The van der Waals surface area contributed by atoms with Gasteiger partial charge in [-0.2, -0.15) is 0 Å². The van der Waals surface area contributed by atoms with Crippen LogP contribution in [0.5, 0.6) is 5.75 Å². The van der Waals surface area contributed by atoms with E-state index >= 15 is 0 Å². The van der Waals surface area contributed by atoms with E-state index in [-0.39, 0.29) is 0 Å². The Balaban J connectivity index is 2.11. The van der Waals surface area contributed by atoms with Gasteiger partial charge in [0.05, 0.1) is 12.7 Å². The van der Waals surface area contributed by atoms with Gasteiger partial charge in [0.2, 0.25) is 0 Å². The van der Waals surface area contributed by atoms with Crippen LogP contribution in [0.15, 0.2) is 24.3 Å². The second kappa shape index (κ2) is 5.07. The molecule has 0 aliphatic carbocycles. The summed E-state index contributed by atoms with van der Waals surface area (Å²) in [7, 11) is 1.65. The first kappa shape index (κ1) is 12.4. The minimum Gasteiger partial charge on any atom is -0.497 e. The summed E-state index contributed by atoms with van der Waals surface area (Å²) in [6.07, 6.45) is 1.95. The quantitative estimate of drug-likeness (QED) is 0.837. The first-order chi connectivity index (χ1) is 8.12. The molecule has 1 saturated heterocycles. The minimum absolute atomic E-state index is 0.566. The van der Waals surface area contributed by atoms with Crippen LogP contribution in [0.25, 0.3) is 0 Å². The number of aliphatic hydroxyl groups is 1. The van der Waals surface area contributed by atoms with Crippen molar-refractivity contribution in [2.45, 2.75) is 25.4 Å². The van der Waals surface area contributed by atoms with E-state index in [1.165, 1.54) is 0 Å². The second-order valence-electron chi connectivity index (χ2n) is 5.07. The summed E-state index contributed by atoms with van der Waals surface area (Å²) < 4.78 is 5.20. The standard InChI is InChI=1S/C14H21NO2/c1-14(16,9-11-6-7-15-10-11)12-4-3-5-13(8-12)17-2/h3-5,8,11,15-16H,6-7,9-10H2,1-2H3. The molecule has 0 spiro atoms. The SMILES string of the molecule is COc1cccc(C(C)(O)CC2CCNC2)c1. The molecule has 1 heterocycles. The Morgan fingerprint density at radius 3 is 3.00 bits per heavy atom. The second-order valence-corrected chi connectivity index (χ2v) is 5.07. The molecule has 1 aromatic carbocycles. The molecule has 0 aromatic heterocycles. The van der Waals surface area contributed by atoms with E-state index in [4.69, 9.17) is 4.74 Å². The highest BCUT2D eigenvalue weighted by Gasteiger charge is 2.29. The maximum Gasteiger partial charge on any atom is 0.119 e. The van der Waals surface area contributed by atoms with E-state index in [0.29, 0.717) is 5.92 Å². The fraction of sp³-hybridized carbons (Fsp3) is 0.571. The molecule has 2 rings (SSSR count). The molecule has 2 N–H and O–H groups in total. The summed E-state index contributed by atoms with van der Waals surface area (Å²) in [4.78, 5) is 0. The van der Waals surface area contributed by atoms with E-state index in [1.807, 2.05) is 31.2 Å². The van der Waals surface area contributed by atoms with Crippen molar-refractivity contribution in [2.75, 3.05) is 20.2 Å². The van der Waals surface area contributed by atoms with Crippen LogP contribution in [-0.4, -0.2) is 25.3 Å². The van der Waals surface area contributed by atoms with E-state index in [1.54, 1.807) is 7.11 Å². The Hall–Kier alpha value is -1.06. The summed E-state index contributed by atoms with van der Waals surface area (Å²) in [5.41, 5.74) is 0.161. The van der Waals surface area contributed by atoms with Gasteiger partial charge < -0.3 is 15.2 Å². The van der Waals surface area contributed by atoms with Crippen LogP contribution in [0.4, 0.5) is 0 Å². The molecular formula is C14H21NO2. The van der Waals surface area contributed by atoms with Crippen molar-refractivity contribution in [1.29, 1.82) is 0 Å². The largest absolute Gasteiger partial charge is 0.497 e. The molecule has 0 saturated carbocycles. The molecule has 2 atom stereocenters. The molecule has 3 heteroatoms. The van der Waals surface area contributed by atoms with Crippen molar-refractivity contribution in [3.8, 4) is 5.75 Å². The van der Waals surface area contributed by atoms with Gasteiger partial charge in [0.25, 0.3) is 0 Å².